The van der Waals surface area contributed by atoms with Crippen molar-refractivity contribution in [3.05, 3.63) is 29.6 Å². The molecule has 0 aliphatic heterocycles. The molecule has 1 aliphatic rings. The summed E-state index contributed by atoms with van der Waals surface area (Å²) in [5, 5.41) is 3.43. The summed E-state index contributed by atoms with van der Waals surface area (Å²) in [6.45, 7) is 4.62. The Balaban J connectivity index is 2.07. The molecule has 0 amide bonds. The van der Waals surface area contributed by atoms with Crippen molar-refractivity contribution in [2.24, 2.45) is 5.41 Å². The molecule has 1 aliphatic carbocycles. The highest BCUT2D eigenvalue weighted by Gasteiger charge is 2.24. The third kappa shape index (κ3) is 4.19. The van der Waals surface area contributed by atoms with E-state index in [1.54, 1.807) is 6.07 Å². The van der Waals surface area contributed by atoms with E-state index in [4.69, 9.17) is 0 Å². The van der Waals surface area contributed by atoms with Gasteiger partial charge in [-0.3, -0.25) is 0 Å². The molecule has 0 radical (unpaired) electrons. The second-order valence-corrected chi connectivity index (χ2v) is 6.62. The first-order valence-electron chi connectivity index (χ1n) is 7.56. The minimum atomic E-state index is -0.641. The monoisotopic (exact) mass is 293 g/mol. The van der Waals surface area contributed by atoms with E-state index in [2.05, 4.69) is 23.9 Å². The zero-order valence-electron chi connectivity index (χ0n) is 13.0. The van der Waals surface area contributed by atoms with Gasteiger partial charge in [0.25, 0.3) is 0 Å². The Bertz CT molecular complexity index is 514. The molecule has 1 fully saturated rings. The summed E-state index contributed by atoms with van der Waals surface area (Å²) in [7, 11) is 1.26. The molecule has 1 aromatic carbocycles. The van der Waals surface area contributed by atoms with Gasteiger partial charge in [0.15, 0.2) is 0 Å². The fourth-order valence-corrected chi connectivity index (χ4v) is 2.92. The molecule has 0 aromatic heterocycles. The molecule has 1 saturated carbocycles. The molecule has 1 atom stereocenters. The van der Waals surface area contributed by atoms with Gasteiger partial charge < -0.3 is 10.1 Å². The lowest BCUT2D eigenvalue weighted by Crippen LogP contribution is -2.19. The maximum Gasteiger partial charge on any atom is 0.340 e. The smallest absolute Gasteiger partial charge is 0.340 e. The predicted octanol–water partition coefficient (Wildman–Crippen LogP) is 4.38. The van der Waals surface area contributed by atoms with Crippen molar-refractivity contribution >= 4 is 11.7 Å². The predicted molar refractivity (Wildman–Crippen MR) is 82.0 cm³/mol. The molecule has 4 heteroatoms. The maximum atomic E-state index is 13.6. The fraction of sp³-hybridized carbons (Fsp3) is 0.588. The molecule has 0 bridgehead atoms. The van der Waals surface area contributed by atoms with Crippen LogP contribution in [-0.4, -0.2) is 19.1 Å². The number of benzene rings is 1. The van der Waals surface area contributed by atoms with Gasteiger partial charge in [0.2, 0.25) is 0 Å². The van der Waals surface area contributed by atoms with Gasteiger partial charge in [-0.2, -0.15) is 0 Å². The van der Waals surface area contributed by atoms with Crippen LogP contribution in [0, 0.1) is 11.2 Å². The van der Waals surface area contributed by atoms with Crippen LogP contribution in [0.1, 0.15) is 56.3 Å². The Morgan fingerprint density at radius 1 is 1.33 bits per heavy atom. The normalized spacial score (nSPS) is 21.4. The van der Waals surface area contributed by atoms with E-state index < -0.39 is 11.8 Å². The molecule has 3 nitrogen and oxygen atoms in total. The Morgan fingerprint density at radius 3 is 2.81 bits per heavy atom. The van der Waals surface area contributed by atoms with Crippen LogP contribution in [-0.2, 0) is 4.74 Å². The number of rotatable bonds is 3. The standard InChI is InChI=1S/C17H24FNO2/c1-17(2)9-4-5-12(8-10-17)19-13-6-7-15(18)14(11-13)16(20)21-3/h6-7,11-12,19H,4-5,8-10H2,1-3H3. The molecule has 1 unspecified atom stereocenters. The van der Waals surface area contributed by atoms with Crippen LogP contribution in [0.15, 0.2) is 18.2 Å². The van der Waals surface area contributed by atoms with Gasteiger partial charge in [-0.05, 0) is 49.3 Å². The lowest BCUT2D eigenvalue weighted by Gasteiger charge is -2.22. The number of esters is 1. The highest BCUT2D eigenvalue weighted by molar-refractivity contribution is 5.90. The van der Waals surface area contributed by atoms with Crippen molar-refractivity contribution in [2.45, 2.75) is 52.0 Å². The molecule has 0 spiro atoms. The van der Waals surface area contributed by atoms with Crippen LogP contribution in [0.25, 0.3) is 0 Å². The van der Waals surface area contributed by atoms with Crippen molar-refractivity contribution in [2.75, 3.05) is 12.4 Å². The quantitative estimate of drug-likeness (QED) is 0.664. The molecule has 1 N–H and O–H groups in total. The molecule has 1 aromatic rings. The van der Waals surface area contributed by atoms with Gasteiger partial charge in [0.05, 0.1) is 12.7 Å². The molecular formula is C17H24FNO2. The lowest BCUT2D eigenvalue weighted by molar-refractivity contribution is 0.0595. The first-order chi connectivity index (χ1) is 9.91. The van der Waals surface area contributed by atoms with Gasteiger partial charge in [-0.15, -0.1) is 0 Å². The van der Waals surface area contributed by atoms with E-state index in [-0.39, 0.29) is 5.56 Å². The van der Waals surface area contributed by atoms with E-state index >= 15 is 0 Å². The summed E-state index contributed by atoms with van der Waals surface area (Å²) in [5.74, 6) is -1.19. The second kappa shape index (κ2) is 6.46. The van der Waals surface area contributed by atoms with E-state index in [1.807, 2.05) is 0 Å². The third-order valence-corrected chi connectivity index (χ3v) is 4.32. The number of anilines is 1. The number of hydrogen-bond donors (Lipinski definition) is 1. The molecule has 116 valence electrons. The third-order valence-electron chi connectivity index (χ3n) is 4.32. The van der Waals surface area contributed by atoms with E-state index in [9.17, 15) is 9.18 Å². The second-order valence-electron chi connectivity index (χ2n) is 6.62. The Kier molecular flexibility index (Phi) is 4.86. The summed E-state index contributed by atoms with van der Waals surface area (Å²) in [6.07, 6.45) is 5.81. The van der Waals surface area contributed by atoms with Crippen LogP contribution in [0.4, 0.5) is 10.1 Å². The average Bonchev–Trinajstić information content (AvgIpc) is 2.61. The molecule has 2 rings (SSSR count). The number of carbonyl (C=O) groups excluding carboxylic acids is 1. The largest absolute Gasteiger partial charge is 0.465 e. The van der Waals surface area contributed by atoms with Crippen molar-refractivity contribution in [3.63, 3.8) is 0 Å². The van der Waals surface area contributed by atoms with Gasteiger partial charge in [0.1, 0.15) is 5.82 Å². The average molecular weight is 293 g/mol. The summed E-state index contributed by atoms with van der Waals surface area (Å²) in [5.41, 5.74) is 1.16. The van der Waals surface area contributed by atoms with Crippen LogP contribution in [0.3, 0.4) is 0 Å². The van der Waals surface area contributed by atoms with E-state index in [1.165, 1.54) is 38.5 Å². The highest BCUT2D eigenvalue weighted by Crippen LogP contribution is 2.34. The number of halogens is 1. The summed E-state index contributed by atoms with van der Waals surface area (Å²) in [4.78, 5) is 11.5. The Hall–Kier alpha value is -1.58. The SMILES string of the molecule is COC(=O)c1cc(NC2CCCC(C)(C)CC2)ccc1F. The maximum absolute atomic E-state index is 13.6. The van der Waals surface area contributed by atoms with Gasteiger partial charge in [0, 0.05) is 11.7 Å². The fourth-order valence-electron chi connectivity index (χ4n) is 2.92. The van der Waals surface area contributed by atoms with Crippen molar-refractivity contribution in [1.29, 1.82) is 0 Å². The zero-order chi connectivity index (χ0) is 15.5. The Morgan fingerprint density at radius 2 is 2.10 bits per heavy atom. The lowest BCUT2D eigenvalue weighted by atomic mass is 9.85. The summed E-state index contributed by atoms with van der Waals surface area (Å²) in [6, 6.07) is 4.91. The minimum absolute atomic E-state index is 0.0172. The molecule has 0 heterocycles. The number of hydrogen-bond acceptors (Lipinski definition) is 3. The van der Waals surface area contributed by atoms with Crippen LogP contribution in [0.5, 0.6) is 0 Å². The molecule has 21 heavy (non-hydrogen) atoms. The number of ether oxygens (including phenoxy) is 1. The van der Waals surface area contributed by atoms with Gasteiger partial charge >= 0.3 is 5.97 Å². The van der Waals surface area contributed by atoms with Crippen LogP contribution < -0.4 is 5.32 Å². The Labute approximate surface area is 125 Å². The number of methoxy groups -OCH3 is 1. The summed E-state index contributed by atoms with van der Waals surface area (Å²) >= 11 is 0. The van der Waals surface area contributed by atoms with Gasteiger partial charge in [-0.25, -0.2) is 9.18 Å². The van der Waals surface area contributed by atoms with E-state index in [0.29, 0.717) is 11.5 Å². The first kappa shape index (κ1) is 15.8. The summed E-state index contributed by atoms with van der Waals surface area (Å²) < 4.78 is 18.2. The van der Waals surface area contributed by atoms with E-state index in [0.717, 1.165) is 18.5 Å². The van der Waals surface area contributed by atoms with Gasteiger partial charge in [-0.1, -0.05) is 20.3 Å². The molecular weight excluding hydrogens is 269 g/mol. The van der Waals surface area contributed by atoms with Crippen molar-refractivity contribution < 1.29 is 13.9 Å². The van der Waals surface area contributed by atoms with Crippen molar-refractivity contribution in [1.82, 2.24) is 0 Å². The first-order valence-corrected chi connectivity index (χ1v) is 7.56. The van der Waals surface area contributed by atoms with Crippen LogP contribution in [0.2, 0.25) is 0 Å². The topological polar surface area (TPSA) is 38.3 Å². The molecule has 0 saturated heterocycles. The van der Waals surface area contributed by atoms with Crippen LogP contribution >= 0.6 is 0 Å². The number of nitrogens with one attached hydrogen (secondary N) is 1. The van der Waals surface area contributed by atoms with Crippen molar-refractivity contribution in [3.8, 4) is 0 Å². The highest BCUT2D eigenvalue weighted by atomic mass is 19.1. The number of carbonyl (C=O) groups is 1. The zero-order valence-corrected chi connectivity index (χ0v) is 13.0. The minimum Gasteiger partial charge on any atom is -0.465 e.